The van der Waals surface area contributed by atoms with E-state index in [1.807, 2.05) is 48.5 Å². The molecule has 2 N–H and O–H groups in total. The Labute approximate surface area is 268 Å². The molecule has 0 spiro atoms. The van der Waals surface area contributed by atoms with Gasteiger partial charge in [-0.3, -0.25) is 14.5 Å². The number of methoxy groups -OCH3 is 2. The number of hydrogen-bond donors (Lipinski definition) is 1. The van der Waals surface area contributed by atoms with Crippen molar-refractivity contribution < 1.29 is 38.0 Å². The number of imide groups is 1. The van der Waals surface area contributed by atoms with Crippen molar-refractivity contribution in [3.63, 3.8) is 0 Å². The minimum Gasteiger partial charge on any atom is -0.497 e. The molecular weight excluding hydrogens is 588 g/mol. The van der Waals surface area contributed by atoms with Crippen molar-refractivity contribution in [3.8, 4) is 11.5 Å². The molecule has 4 fully saturated rings. The Morgan fingerprint density at radius 2 is 1.13 bits per heavy atom. The second kappa shape index (κ2) is 13.1. The van der Waals surface area contributed by atoms with Gasteiger partial charge >= 0.3 is 0 Å². The normalized spacial score (nSPS) is 31.4. The zero-order valence-electron chi connectivity index (χ0n) is 26.1. The summed E-state index contributed by atoms with van der Waals surface area (Å²) >= 11 is 0. The fourth-order valence-electron chi connectivity index (χ4n) is 7.31. The van der Waals surface area contributed by atoms with E-state index >= 15 is 0 Å². The average Bonchev–Trinajstić information content (AvgIpc) is 3.76. The summed E-state index contributed by atoms with van der Waals surface area (Å²) in [6.45, 7) is 1.30. The molecule has 2 saturated carbocycles. The maximum absolute atomic E-state index is 12.8. The fourth-order valence-corrected chi connectivity index (χ4v) is 7.31. The van der Waals surface area contributed by atoms with E-state index in [1.165, 1.54) is 4.90 Å². The predicted molar refractivity (Wildman–Crippen MR) is 167 cm³/mol. The van der Waals surface area contributed by atoms with Gasteiger partial charge in [0.25, 0.3) is 11.8 Å². The molecule has 10 nitrogen and oxygen atoms in total. The van der Waals surface area contributed by atoms with Crippen LogP contribution in [0.3, 0.4) is 0 Å². The monoisotopic (exact) mass is 628 g/mol. The summed E-state index contributed by atoms with van der Waals surface area (Å²) in [6, 6.07) is 22.6. The van der Waals surface area contributed by atoms with Crippen molar-refractivity contribution in [1.29, 1.82) is 0 Å². The van der Waals surface area contributed by atoms with Gasteiger partial charge in [-0.1, -0.05) is 36.4 Å². The summed E-state index contributed by atoms with van der Waals surface area (Å²) in [7, 11) is 3.29. The number of ether oxygens (including phenoxy) is 6. The van der Waals surface area contributed by atoms with Crippen LogP contribution in [0.25, 0.3) is 0 Å². The Bertz CT molecular complexity index is 1510. The molecule has 2 unspecified atom stereocenters. The van der Waals surface area contributed by atoms with Gasteiger partial charge < -0.3 is 34.2 Å². The van der Waals surface area contributed by atoms with Crippen LogP contribution in [0.4, 0.5) is 0 Å². The molecule has 2 amide bonds. The van der Waals surface area contributed by atoms with Crippen molar-refractivity contribution in [3.05, 3.63) is 95.1 Å². The largest absolute Gasteiger partial charge is 0.497 e. The van der Waals surface area contributed by atoms with Crippen LogP contribution in [-0.4, -0.2) is 68.4 Å². The molecule has 46 heavy (non-hydrogen) atoms. The topological polar surface area (TPSA) is 119 Å². The van der Waals surface area contributed by atoms with Gasteiger partial charge in [-0.2, -0.15) is 0 Å². The lowest BCUT2D eigenvalue weighted by Crippen LogP contribution is -2.38. The molecule has 10 heteroatoms. The quantitative estimate of drug-likeness (QED) is 0.388. The van der Waals surface area contributed by atoms with E-state index in [9.17, 15) is 9.59 Å². The van der Waals surface area contributed by atoms with Crippen molar-refractivity contribution in [2.75, 3.05) is 27.4 Å². The second-order valence-electron chi connectivity index (χ2n) is 12.6. The summed E-state index contributed by atoms with van der Waals surface area (Å²) in [4.78, 5) is 27.0. The van der Waals surface area contributed by atoms with Gasteiger partial charge in [0, 0.05) is 35.0 Å². The summed E-state index contributed by atoms with van der Waals surface area (Å²) in [5.74, 6) is 1.88. The standard InChI is InChI=1S/C22H21NO5.C14H19NO3/c1-26-16-8-6-13(7-9-16)22-27-12-14-10-15(11-19(14)28-22)23-20(24)17-4-2-3-5-18(17)21(23)25;1-16-12-4-2-9(3-5-12)14-17-8-10-6-11(15)7-13(10)18-14/h2-9,14-15,19,22H,10-12H2,1H3;2-5,10-11,13-14H,6-8,15H2,1H3/t14-,15+,19-,22?;10-,11+,13-,14?/m00/s1. The van der Waals surface area contributed by atoms with Crippen molar-refractivity contribution in [1.82, 2.24) is 4.90 Å². The minimum absolute atomic E-state index is 0.0323. The lowest BCUT2D eigenvalue weighted by molar-refractivity contribution is -0.233. The third kappa shape index (κ3) is 6.03. The van der Waals surface area contributed by atoms with E-state index in [0.717, 1.165) is 42.1 Å². The number of nitrogens with zero attached hydrogens (tertiary/aromatic N) is 1. The Morgan fingerprint density at radius 1 is 0.652 bits per heavy atom. The van der Waals surface area contributed by atoms with E-state index in [0.29, 0.717) is 36.5 Å². The first kappa shape index (κ1) is 30.8. The van der Waals surface area contributed by atoms with Crippen molar-refractivity contribution >= 4 is 11.8 Å². The molecule has 8 rings (SSSR count). The van der Waals surface area contributed by atoms with Crippen LogP contribution in [-0.2, 0) is 18.9 Å². The molecule has 8 atom stereocenters. The van der Waals surface area contributed by atoms with Crippen molar-refractivity contribution in [2.24, 2.45) is 17.6 Å². The Hall–Kier alpha value is -3.80. The summed E-state index contributed by atoms with van der Waals surface area (Å²) < 4.78 is 34.2. The number of carbonyl (C=O) groups is 2. The minimum atomic E-state index is -0.437. The Kier molecular flexibility index (Phi) is 8.80. The number of carbonyl (C=O) groups excluding carboxylic acids is 2. The Morgan fingerprint density at radius 3 is 1.63 bits per heavy atom. The smallest absolute Gasteiger partial charge is 0.261 e. The highest BCUT2D eigenvalue weighted by atomic mass is 16.7. The highest BCUT2D eigenvalue weighted by Crippen LogP contribution is 2.42. The van der Waals surface area contributed by atoms with Gasteiger partial charge in [0.05, 0.1) is 50.8 Å². The molecule has 242 valence electrons. The predicted octanol–water partition coefficient (Wildman–Crippen LogP) is 5.03. The molecule has 5 aliphatic rings. The number of benzene rings is 3. The van der Waals surface area contributed by atoms with Crippen LogP contribution in [0.2, 0.25) is 0 Å². The molecule has 2 aliphatic carbocycles. The first-order chi connectivity index (χ1) is 22.4. The maximum Gasteiger partial charge on any atom is 0.261 e. The third-order valence-corrected chi connectivity index (χ3v) is 9.76. The molecule has 3 aromatic carbocycles. The van der Waals surface area contributed by atoms with E-state index in [-0.39, 0.29) is 48.3 Å². The van der Waals surface area contributed by atoms with Gasteiger partial charge in [0.2, 0.25) is 0 Å². The molecule has 2 saturated heterocycles. The number of rotatable bonds is 5. The van der Waals surface area contributed by atoms with Crippen LogP contribution >= 0.6 is 0 Å². The van der Waals surface area contributed by atoms with Crippen LogP contribution in [0.15, 0.2) is 72.8 Å². The van der Waals surface area contributed by atoms with E-state index in [2.05, 4.69) is 0 Å². The molecular formula is C36H40N2O8. The fraction of sp³-hybridized carbons (Fsp3) is 0.444. The first-order valence-electron chi connectivity index (χ1n) is 16.0. The number of nitrogens with two attached hydrogens (primary N) is 1. The van der Waals surface area contributed by atoms with Gasteiger partial charge in [0.1, 0.15) is 11.5 Å². The molecule has 0 bridgehead atoms. The SMILES string of the molecule is COc1ccc(C2OC[C@@H]3C[C@@H](N)C[C@@H]3O2)cc1.COc1ccc(C2OC[C@@H]3C[C@@H](N4C(=O)c5ccccc5C4=O)C[C@@H]3O2)cc1. The molecule has 0 aromatic heterocycles. The highest BCUT2D eigenvalue weighted by molar-refractivity contribution is 6.21. The molecule has 0 radical (unpaired) electrons. The maximum atomic E-state index is 12.8. The van der Waals surface area contributed by atoms with E-state index < -0.39 is 6.29 Å². The second-order valence-corrected chi connectivity index (χ2v) is 12.6. The molecule has 3 heterocycles. The highest BCUT2D eigenvalue weighted by Gasteiger charge is 2.48. The van der Waals surface area contributed by atoms with Crippen LogP contribution in [0.5, 0.6) is 11.5 Å². The summed E-state index contributed by atoms with van der Waals surface area (Å²) in [6.07, 6.45) is 2.84. The zero-order valence-corrected chi connectivity index (χ0v) is 26.1. The van der Waals surface area contributed by atoms with Crippen molar-refractivity contribution in [2.45, 2.75) is 62.6 Å². The average molecular weight is 629 g/mol. The first-order valence-corrected chi connectivity index (χ1v) is 16.0. The zero-order chi connectivity index (χ0) is 31.8. The van der Waals surface area contributed by atoms with Crippen LogP contribution in [0, 0.1) is 11.8 Å². The van der Waals surface area contributed by atoms with E-state index in [1.54, 1.807) is 38.5 Å². The van der Waals surface area contributed by atoms with Gasteiger partial charge in [-0.25, -0.2) is 0 Å². The lowest BCUT2D eigenvalue weighted by atomic mass is 10.1. The summed E-state index contributed by atoms with van der Waals surface area (Å²) in [5.41, 5.74) is 8.93. The van der Waals surface area contributed by atoms with Gasteiger partial charge in [0.15, 0.2) is 12.6 Å². The number of hydrogen-bond acceptors (Lipinski definition) is 9. The van der Waals surface area contributed by atoms with Crippen LogP contribution in [0.1, 0.15) is 70.1 Å². The third-order valence-electron chi connectivity index (χ3n) is 9.76. The van der Waals surface area contributed by atoms with Gasteiger partial charge in [-0.05, 0) is 62.1 Å². The van der Waals surface area contributed by atoms with Gasteiger partial charge in [-0.15, -0.1) is 0 Å². The Balaban J connectivity index is 0.000000162. The number of amides is 2. The van der Waals surface area contributed by atoms with E-state index in [4.69, 9.17) is 34.2 Å². The summed E-state index contributed by atoms with van der Waals surface area (Å²) in [5, 5.41) is 0. The molecule has 3 aromatic rings. The lowest BCUT2D eigenvalue weighted by Gasteiger charge is -2.32. The number of fused-ring (bicyclic) bond motifs is 3. The molecule has 3 aliphatic heterocycles. The van der Waals surface area contributed by atoms with Crippen LogP contribution < -0.4 is 15.2 Å².